The highest BCUT2D eigenvalue weighted by atomic mass is 16.7. The second-order valence-corrected chi connectivity index (χ2v) is 3.71. The van der Waals surface area contributed by atoms with Crippen molar-refractivity contribution in [2.45, 2.75) is 6.10 Å². The van der Waals surface area contributed by atoms with E-state index in [-0.39, 0.29) is 18.9 Å². The lowest BCUT2D eigenvalue weighted by molar-refractivity contribution is -0.872. The molecule has 0 aliphatic carbocycles. The Labute approximate surface area is 66.3 Å². The molecule has 0 aromatic carbocycles. The topological polar surface area (TPSA) is 35.5 Å². The van der Waals surface area contributed by atoms with E-state index >= 15 is 0 Å². The Hall–Kier alpha value is -0.610. The first-order valence-corrected chi connectivity index (χ1v) is 3.58. The Balaban J connectivity index is 2.43. The van der Waals surface area contributed by atoms with Crippen molar-refractivity contribution in [3.8, 4) is 0 Å². The minimum atomic E-state index is -0.366. The van der Waals surface area contributed by atoms with Gasteiger partial charge in [-0.25, -0.2) is 4.79 Å². The van der Waals surface area contributed by atoms with Gasteiger partial charge < -0.3 is 14.0 Å². The van der Waals surface area contributed by atoms with E-state index in [0.29, 0.717) is 11.0 Å². The van der Waals surface area contributed by atoms with Gasteiger partial charge in [0.05, 0.1) is 21.1 Å². The maximum Gasteiger partial charge on any atom is 0.343 e. The molecule has 1 saturated heterocycles. The molecule has 0 N–H and O–H groups in total. The third-order valence-corrected chi connectivity index (χ3v) is 1.45. The first-order chi connectivity index (χ1) is 4.99. The number of nitrogens with zero attached hydrogens (tertiary/aromatic N) is 1. The smallest absolute Gasteiger partial charge is 0.343 e. The van der Waals surface area contributed by atoms with Crippen molar-refractivity contribution in [3.63, 3.8) is 0 Å². The number of rotatable bonds is 2. The van der Waals surface area contributed by atoms with Gasteiger partial charge in [0.2, 0.25) is 6.10 Å². The van der Waals surface area contributed by atoms with Crippen LogP contribution in [0.5, 0.6) is 0 Å². The molecule has 0 aromatic heterocycles. The van der Waals surface area contributed by atoms with Gasteiger partial charge in [-0.05, 0) is 0 Å². The van der Waals surface area contributed by atoms with Crippen LogP contribution in [0.2, 0.25) is 0 Å². The number of likely N-dealkylation sites (N-methyl/N-ethyl adjacent to an activating group) is 1. The summed E-state index contributed by atoms with van der Waals surface area (Å²) in [4.78, 5) is 10.9. The van der Waals surface area contributed by atoms with Gasteiger partial charge in [-0.3, -0.25) is 0 Å². The van der Waals surface area contributed by atoms with Crippen molar-refractivity contribution in [1.29, 1.82) is 0 Å². The molecule has 1 atom stereocenters. The van der Waals surface area contributed by atoms with E-state index in [4.69, 9.17) is 4.74 Å². The number of carbonyl (C=O) groups is 1. The Kier molecular flexibility index (Phi) is 2.15. The fraction of sp³-hybridized carbons (Fsp3) is 0.857. The van der Waals surface area contributed by atoms with Gasteiger partial charge in [-0.2, -0.15) is 0 Å². The summed E-state index contributed by atoms with van der Waals surface area (Å²) in [6, 6.07) is 0. The summed E-state index contributed by atoms with van der Waals surface area (Å²) in [7, 11) is 6.03. The number of quaternary nitrogens is 1. The Morgan fingerprint density at radius 3 is 2.55 bits per heavy atom. The molecule has 1 heterocycles. The predicted molar refractivity (Wildman–Crippen MR) is 38.7 cm³/mol. The molecule has 0 aromatic rings. The zero-order chi connectivity index (χ0) is 8.48. The molecule has 4 nitrogen and oxygen atoms in total. The average molecular weight is 160 g/mol. The third kappa shape index (κ3) is 2.48. The van der Waals surface area contributed by atoms with E-state index in [2.05, 4.69) is 4.74 Å². The van der Waals surface area contributed by atoms with Crippen LogP contribution in [0.15, 0.2) is 0 Å². The quantitative estimate of drug-likeness (QED) is 0.407. The standard InChI is InChI=1S/C7H14NO3/c1-8(2,3)4-6-7(9)11-5-10-6/h6H,4-5H2,1-3H3/q+1. The summed E-state index contributed by atoms with van der Waals surface area (Å²) in [5.41, 5.74) is 0. The minimum absolute atomic E-state index is 0.115. The largest absolute Gasteiger partial charge is 0.436 e. The van der Waals surface area contributed by atoms with Gasteiger partial charge in [0, 0.05) is 0 Å². The Morgan fingerprint density at radius 1 is 1.55 bits per heavy atom. The molecule has 11 heavy (non-hydrogen) atoms. The average Bonchev–Trinajstić information content (AvgIpc) is 2.12. The molecule has 4 heteroatoms. The number of hydrogen-bond donors (Lipinski definition) is 0. The van der Waals surface area contributed by atoms with Crippen LogP contribution in [0.4, 0.5) is 0 Å². The van der Waals surface area contributed by atoms with E-state index in [0.717, 1.165) is 0 Å². The molecule has 1 unspecified atom stereocenters. The lowest BCUT2D eigenvalue weighted by atomic mass is 10.3. The molecule has 1 rings (SSSR count). The molecule has 1 fully saturated rings. The predicted octanol–water partition coefficient (Wildman–Crippen LogP) is -0.408. The van der Waals surface area contributed by atoms with Crippen LogP contribution in [-0.4, -0.2) is 51.0 Å². The Bertz CT molecular complexity index is 162. The second kappa shape index (κ2) is 2.79. The van der Waals surface area contributed by atoms with Crippen molar-refractivity contribution >= 4 is 5.97 Å². The molecule has 0 bridgehead atoms. The van der Waals surface area contributed by atoms with Crippen molar-refractivity contribution in [3.05, 3.63) is 0 Å². The summed E-state index contributed by atoms with van der Waals surface area (Å²) < 4.78 is 10.4. The van der Waals surface area contributed by atoms with Gasteiger partial charge >= 0.3 is 5.97 Å². The van der Waals surface area contributed by atoms with Gasteiger partial charge in [0.1, 0.15) is 6.54 Å². The zero-order valence-corrected chi connectivity index (χ0v) is 7.16. The van der Waals surface area contributed by atoms with Crippen LogP contribution < -0.4 is 0 Å². The number of hydrogen-bond acceptors (Lipinski definition) is 3. The fourth-order valence-electron chi connectivity index (χ4n) is 0.960. The Morgan fingerprint density at radius 2 is 2.18 bits per heavy atom. The van der Waals surface area contributed by atoms with Crippen LogP contribution in [0.1, 0.15) is 0 Å². The SMILES string of the molecule is C[N+](C)(C)CC1OCOC1=O. The van der Waals surface area contributed by atoms with E-state index in [9.17, 15) is 4.79 Å². The molecule has 0 radical (unpaired) electrons. The van der Waals surface area contributed by atoms with Crippen molar-refractivity contribution < 1.29 is 18.8 Å². The van der Waals surface area contributed by atoms with Crippen LogP contribution in [0.3, 0.4) is 0 Å². The van der Waals surface area contributed by atoms with E-state index < -0.39 is 0 Å². The van der Waals surface area contributed by atoms with Crippen LogP contribution in [0.25, 0.3) is 0 Å². The summed E-state index contributed by atoms with van der Waals surface area (Å²) in [5.74, 6) is -0.238. The summed E-state index contributed by atoms with van der Waals surface area (Å²) in [6.07, 6.45) is -0.366. The molecule has 64 valence electrons. The highest BCUT2D eigenvalue weighted by Gasteiger charge is 2.32. The number of ether oxygens (including phenoxy) is 2. The normalized spacial score (nSPS) is 25.4. The van der Waals surface area contributed by atoms with Crippen molar-refractivity contribution in [2.24, 2.45) is 0 Å². The lowest BCUT2D eigenvalue weighted by Gasteiger charge is -2.24. The fourth-order valence-corrected chi connectivity index (χ4v) is 0.960. The minimum Gasteiger partial charge on any atom is -0.436 e. The van der Waals surface area contributed by atoms with Crippen molar-refractivity contribution in [2.75, 3.05) is 34.5 Å². The zero-order valence-electron chi connectivity index (χ0n) is 7.16. The monoisotopic (exact) mass is 160 g/mol. The van der Waals surface area contributed by atoms with E-state index in [1.165, 1.54) is 0 Å². The number of cyclic esters (lactones) is 1. The molecule has 0 spiro atoms. The van der Waals surface area contributed by atoms with Gasteiger partial charge in [-0.1, -0.05) is 0 Å². The van der Waals surface area contributed by atoms with E-state index in [1.54, 1.807) is 0 Å². The summed E-state index contributed by atoms with van der Waals surface area (Å²) in [6.45, 7) is 0.780. The maximum atomic E-state index is 10.9. The first-order valence-electron chi connectivity index (χ1n) is 3.58. The van der Waals surface area contributed by atoms with E-state index in [1.807, 2.05) is 21.1 Å². The number of esters is 1. The molecule has 0 amide bonds. The van der Waals surface area contributed by atoms with Crippen molar-refractivity contribution in [1.82, 2.24) is 0 Å². The summed E-state index contributed by atoms with van der Waals surface area (Å²) in [5, 5.41) is 0. The first kappa shape index (κ1) is 8.49. The van der Waals surface area contributed by atoms with Crippen LogP contribution >= 0.6 is 0 Å². The van der Waals surface area contributed by atoms with Crippen LogP contribution in [-0.2, 0) is 14.3 Å². The maximum absolute atomic E-state index is 10.9. The highest BCUT2D eigenvalue weighted by molar-refractivity contribution is 5.75. The summed E-state index contributed by atoms with van der Waals surface area (Å²) >= 11 is 0. The van der Waals surface area contributed by atoms with Crippen LogP contribution in [0, 0.1) is 0 Å². The van der Waals surface area contributed by atoms with Gasteiger partial charge in [0.25, 0.3) is 0 Å². The molecule has 0 saturated carbocycles. The third-order valence-electron chi connectivity index (χ3n) is 1.45. The second-order valence-electron chi connectivity index (χ2n) is 3.71. The number of carbonyl (C=O) groups excluding carboxylic acids is 1. The molecular formula is C7H14NO3+. The lowest BCUT2D eigenvalue weighted by Crippen LogP contribution is -2.43. The van der Waals surface area contributed by atoms with Gasteiger partial charge in [0.15, 0.2) is 6.79 Å². The molecular weight excluding hydrogens is 146 g/mol. The highest BCUT2D eigenvalue weighted by Crippen LogP contribution is 2.08. The molecule has 1 aliphatic rings. The molecule has 1 aliphatic heterocycles. The van der Waals surface area contributed by atoms with Gasteiger partial charge in [-0.15, -0.1) is 0 Å².